The molecule has 13 aromatic carbocycles. The molecule has 17 rings (SSSR count). The maximum atomic E-state index is 13.9. The highest BCUT2D eigenvalue weighted by molar-refractivity contribution is 6.37. The molecule has 4 heterocycles. The van der Waals surface area contributed by atoms with Crippen LogP contribution in [0.4, 0.5) is 53.4 Å². The van der Waals surface area contributed by atoms with Crippen LogP contribution in [0.15, 0.2) is 285 Å². The molecule has 0 spiro atoms. The molecule has 32 nitrogen and oxygen atoms in total. The number of halogens is 3. The zero-order valence-corrected chi connectivity index (χ0v) is 85.9. The van der Waals surface area contributed by atoms with E-state index in [0.717, 1.165) is 41.7 Å². The topological polar surface area (TPSA) is 407 Å². The summed E-state index contributed by atoms with van der Waals surface area (Å²) in [6.07, 6.45) is 12.4. The highest BCUT2D eigenvalue weighted by atomic mass is 35.5. The molecule has 150 heavy (non-hydrogen) atoms. The van der Waals surface area contributed by atoms with Crippen LogP contribution in [0.25, 0.3) is 49.4 Å². The number of phenols is 3. The third kappa shape index (κ3) is 26.7. The first-order valence-electron chi connectivity index (χ1n) is 48.4. The number of aromatic hydroxyl groups is 3. The lowest BCUT2D eigenvalue weighted by molar-refractivity contribution is -0.132. The molecular formula is C115H110Cl3N13O19. The number of rotatable bonds is 32. The van der Waals surface area contributed by atoms with Crippen molar-refractivity contribution in [2.75, 3.05) is 71.6 Å². The minimum Gasteiger partial charge on any atom is -0.506 e. The average molecular weight is 2080 g/mol. The molecule has 3 aromatic heterocycles. The van der Waals surface area contributed by atoms with Gasteiger partial charge in [0.15, 0.2) is 28.6 Å². The van der Waals surface area contributed by atoms with Gasteiger partial charge in [-0.05, 0) is 198 Å². The van der Waals surface area contributed by atoms with Gasteiger partial charge in [-0.15, -0.1) is 10.2 Å². The van der Waals surface area contributed by atoms with Gasteiger partial charge < -0.3 is 65.0 Å². The van der Waals surface area contributed by atoms with Gasteiger partial charge in [-0.3, -0.25) is 48.8 Å². The Kier molecular flexibility index (Phi) is 36.6. The molecule has 16 aromatic rings. The number of H-pyrrole nitrogens is 1. The van der Waals surface area contributed by atoms with Gasteiger partial charge in [0.05, 0.1) is 80.0 Å². The average Bonchev–Trinajstić information content (AvgIpc) is 1.37. The zero-order valence-electron chi connectivity index (χ0n) is 83.6. The summed E-state index contributed by atoms with van der Waals surface area (Å²) in [4.78, 5) is 137. The molecule has 0 radical (unpaired) electrons. The molecule has 0 bridgehead atoms. The van der Waals surface area contributed by atoms with Crippen molar-refractivity contribution in [3.8, 4) is 57.4 Å². The van der Waals surface area contributed by atoms with E-state index in [1.54, 1.807) is 218 Å². The van der Waals surface area contributed by atoms with Crippen LogP contribution in [-0.4, -0.2) is 151 Å². The number of cyclic esters (lactones) is 1. The van der Waals surface area contributed by atoms with E-state index in [9.17, 15) is 63.3 Å². The summed E-state index contributed by atoms with van der Waals surface area (Å²) in [5.41, 5.74) is 6.61. The summed E-state index contributed by atoms with van der Waals surface area (Å²) < 4.78 is 34.1. The molecule has 10 amide bonds. The third-order valence-electron chi connectivity index (χ3n) is 24.4. The van der Waals surface area contributed by atoms with Crippen molar-refractivity contribution in [1.82, 2.24) is 35.0 Å². The van der Waals surface area contributed by atoms with Crippen molar-refractivity contribution in [1.29, 1.82) is 0 Å². The van der Waals surface area contributed by atoms with Gasteiger partial charge in [0.1, 0.15) is 40.3 Å². The standard InChI is InChI=1S/C36H45N3O7.C29H27NO5.C25H17Cl3N2O4.C25H21N7O3/c1-5-6-7-8-9-10-11-12-13-16-24-38(34(43)39-33(42)36(2,3)46-35(39)44)29-20-17-18-26-25(29)22-23-27(31(26)40)32(41)37-28-19-14-15-21-30(28)45-4;1-19-12-15-26(20(2)18-19)34-17-7-16-30-28(32)25-14-13-22-23(27(25)31)10-6-11-24(22)29(33)35-21-8-4-3-5-9-21;1-30(25(33)34-23-18(27)8-5-9-19(23)28)21-11-4-6-15-14(21)12-13-16(22(15)31)24(32)29-20-10-3-2-7-17(20)26;1-16-5-3-6-18(13-16)24(33)27-19-10-8-17(9-11-19)23-29-28-21-14-22(30-32(21)23)31(2)25(34)35-20-7-4-12-26-15-20/h14-15,17-23,40H,5-13,16,24H2,1-4H3,(H,37,41);3-6,8-15,18,31H,7,16-17H2,1-2H3,(H,30,32);2-13,31H,1H3,(H,29,32);3-15,30H,1-2H3,(H,27,33). The second-order valence-corrected chi connectivity index (χ2v) is 36.8. The lowest BCUT2D eigenvalue weighted by Crippen LogP contribution is -2.48. The van der Waals surface area contributed by atoms with Crippen LogP contribution in [0.1, 0.15) is 160 Å². The number of nitrogens with zero attached hydrogens (tertiary/aromatic N) is 8. The fourth-order valence-electron chi connectivity index (χ4n) is 16.5. The third-order valence-corrected chi connectivity index (χ3v) is 25.3. The van der Waals surface area contributed by atoms with Gasteiger partial charge in [0.25, 0.3) is 29.5 Å². The van der Waals surface area contributed by atoms with Crippen LogP contribution in [-0.2, 0) is 9.53 Å². The number of pyridine rings is 1. The molecule has 35 heteroatoms. The number of hydrogen-bond donors (Lipinski definition) is 8. The smallest absolute Gasteiger partial charge is 0.426 e. The van der Waals surface area contributed by atoms with Crippen molar-refractivity contribution in [2.24, 2.45) is 0 Å². The highest BCUT2D eigenvalue weighted by Gasteiger charge is 2.52. The molecule has 0 atom stereocenters. The van der Waals surface area contributed by atoms with Crippen LogP contribution in [0.2, 0.25) is 15.1 Å². The fraction of sp³-hybridized carbons (Fsp3) is 0.209. The van der Waals surface area contributed by atoms with E-state index < -0.39 is 59.5 Å². The number of phenolic OH excluding ortho intramolecular Hbond substituents is 3. The van der Waals surface area contributed by atoms with Crippen LogP contribution in [0, 0.1) is 20.8 Å². The molecule has 1 aliphatic heterocycles. The Balaban J connectivity index is 0.000000159. The summed E-state index contributed by atoms with van der Waals surface area (Å²) >= 11 is 18.3. The second kappa shape index (κ2) is 50.6. The van der Waals surface area contributed by atoms with E-state index in [0.29, 0.717) is 142 Å². The van der Waals surface area contributed by atoms with E-state index in [4.69, 9.17) is 63.2 Å². The molecule has 0 aliphatic carbocycles. The van der Waals surface area contributed by atoms with Gasteiger partial charge in [-0.25, -0.2) is 28.5 Å². The normalized spacial score (nSPS) is 11.7. The minimum absolute atomic E-state index is 0.0307. The number of carbonyl (C=O) groups excluding carboxylic acids is 10. The van der Waals surface area contributed by atoms with Gasteiger partial charge in [0, 0.05) is 83.2 Å². The van der Waals surface area contributed by atoms with Gasteiger partial charge >= 0.3 is 30.3 Å². The van der Waals surface area contributed by atoms with Crippen molar-refractivity contribution in [3.05, 3.63) is 345 Å². The van der Waals surface area contributed by atoms with Gasteiger partial charge in [-0.2, -0.15) is 4.90 Å². The van der Waals surface area contributed by atoms with Crippen molar-refractivity contribution in [2.45, 2.75) is 118 Å². The van der Waals surface area contributed by atoms with Crippen molar-refractivity contribution in [3.63, 3.8) is 0 Å². The molecule has 8 N–H and O–H groups in total. The SMILES string of the molecule is CCCCCCCCCCCCN(C(=O)N1C(=O)OC(C)(C)C1=O)c1cccc2c(O)c(C(=O)Nc3ccccc3OC)ccc12.CN(C(=O)Oc1c(Cl)cccc1Cl)c1cccc2c(O)c(C(=O)Nc3ccccc3Cl)ccc12.Cc1ccc(OCCCNC(=O)c2ccc3c(C(=O)Oc4ccccc4)cccc3c2O)c(C)c1.Cc1cccc(C(=O)Nc2ccc(-c3nnc4cc(N(C)C(=O)Oc5cccnc5)[nH]n34)cc2)c1. The second-order valence-electron chi connectivity index (χ2n) is 35.5. The number of esters is 1. The number of methoxy groups -OCH3 is 1. The van der Waals surface area contributed by atoms with E-state index in [1.165, 1.54) is 111 Å². The summed E-state index contributed by atoms with van der Waals surface area (Å²) in [5, 5.41) is 59.0. The Morgan fingerprint density at radius 1 is 0.480 bits per heavy atom. The number of benzene rings is 13. The number of aromatic amines is 1. The number of urea groups is 1. The molecule has 1 fully saturated rings. The predicted octanol–water partition coefficient (Wildman–Crippen LogP) is 25.7. The Morgan fingerprint density at radius 3 is 1.67 bits per heavy atom. The summed E-state index contributed by atoms with van der Waals surface area (Å²) in [6, 6.07) is 76.4. The Hall–Kier alpha value is -17.4. The first-order chi connectivity index (χ1) is 72.3. The number of aryl methyl sites for hydroxylation is 3. The van der Waals surface area contributed by atoms with Crippen molar-refractivity contribution < 1.29 is 91.7 Å². The van der Waals surface area contributed by atoms with Crippen LogP contribution < -0.4 is 59.7 Å². The minimum atomic E-state index is -1.46. The number of anilines is 6. The summed E-state index contributed by atoms with van der Waals surface area (Å²) in [7, 11) is 4.60. The van der Waals surface area contributed by atoms with Crippen LogP contribution in [0.3, 0.4) is 0 Å². The molecule has 770 valence electrons. The zero-order chi connectivity index (χ0) is 107. The lowest BCUT2D eigenvalue weighted by Gasteiger charge is -2.27. The maximum Gasteiger partial charge on any atom is 0.426 e. The first kappa shape index (κ1) is 108. The van der Waals surface area contributed by atoms with Gasteiger partial charge in [0.2, 0.25) is 0 Å². The summed E-state index contributed by atoms with van der Waals surface area (Å²) in [6.45, 7) is 12.2. The number of fused-ring (bicyclic) bond motifs is 4. The quantitative estimate of drug-likeness (QED) is 0.0110. The van der Waals surface area contributed by atoms with Crippen molar-refractivity contribution >= 4 is 167 Å². The largest absolute Gasteiger partial charge is 0.506 e. The first-order valence-corrected chi connectivity index (χ1v) is 49.5. The molecule has 1 saturated heterocycles. The number of nitrogens with one attached hydrogen (secondary N) is 5. The highest BCUT2D eigenvalue weighted by Crippen LogP contribution is 2.42. The molecular weight excluding hydrogens is 1970 g/mol. The van der Waals surface area contributed by atoms with Crippen LogP contribution in [0.5, 0.6) is 46.0 Å². The number of ether oxygens (including phenoxy) is 6. The predicted molar refractivity (Wildman–Crippen MR) is 580 cm³/mol. The molecule has 0 unspecified atom stereocenters. The lowest BCUT2D eigenvalue weighted by atomic mass is 10.0. The Morgan fingerprint density at radius 2 is 1.04 bits per heavy atom. The monoisotopic (exact) mass is 2080 g/mol. The number of para-hydroxylation sites is 5. The van der Waals surface area contributed by atoms with E-state index >= 15 is 0 Å². The Bertz CT molecular complexity index is 7640. The summed E-state index contributed by atoms with van der Waals surface area (Å²) in [5.74, 6) is -0.461. The van der Waals surface area contributed by atoms with E-state index in [-0.39, 0.29) is 62.2 Å². The number of hydrogen-bond acceptors (Lipinski definition) is 22. The van der Waals surface area contributed by atoms with Crippen LogP contribution >= 0.6 is 34.8 Å². The maximum absolute atomic E-state index is 13.9. The Labute approximate surface area is 879 Å². The number of carbonyl (C=O) groups is 10. The number of amides is 10. The number of unbranched alkanes of at least 4 members (excludes halogenated alkanes) is 9. The van der Waals surface area contributed by atoms with E-state index in [1.807, 2.05) is 69.3 Å². The number of aromatic nitrogens is 5. The van der Waals surface area contributed by atoms with Gasteiger partial charge in [-0.1, -0.05) is 238 Å². The number of imide groups is 3. The molecule has 0 saturated carbocycles. The fourth-order valence-corrected chi connectivity index (χ4v) is 17.1. The van der Waals surface area contributed by atoms with E-state index in [2.05, 4.69) is 54.5 Å². The molecule has 1 aliphatic rings.